The van der Waals surface area contributed by atoms with Crippen LogP contribution in [0.25, 0.3) is 0 Å². The molecule has 4 rings (SSSR count). The lowest BCUT2D eigenvalue weighted by molar-refractivity contribution is -0.121. The van der Waals surface area contributed by atoms with Crippen molar-refractivity contribution in [1.82, 2.24) is 14.9 Å². The number of sulfonamides is 1. The first-order valence-electron chi connectivity index (χ1n) is 9.73. The number of likely N-dealkylation sites (tertiary alicyclic amines) is 1. The third-order valence-electron chi connectivity index (χ3n) is 5.16. The van der Waals surface area contributed by atoms with Crippen LogP contribution in [0.2, 0.25) is 0 Å². The summed E-state index contributed by atoms with van der Waals surface area (Å²) in [6, 6.07) is 17.2. The van der Waals surface area contributed by atoms with Crippen molar-refractivity contribution in [3.63, 3.8) is 0 Å². The lowest BCUT2D eigenvalue weighted by Gasteiger charge is -2.16. The first-order chi connectivity index (χ1) is 14.0. The number of hydrogen-bond acceptors (Lipinski definition) is 5. The van der Waals surface area contributed by atoms with Gasteiger partial charge < -0.3 is 5.32 Å². The molecule has 0 spiro atoms. The maximum absolute atomic E-state index is 12.3. The van der Waals surface area contributed by atoms with E-state index in [2.05, 4.69) is 32.1 Å². The second-order valence-electron chi connectivity index (χ2n) is 7.36. The molecule has 7 nitrogen and oxygen atoms in total. The number of amides is 1. The maximum atomic E-state index is 12.3. The Hall–Kier alpha value is -2.71. The Bertz CT molecular complexity index is 1020. The van der Waals surface area contributed by atoms with Gasteiger partial charge in [-0.3, -0.25) is 19.4 Å². The fourth-order valence-corrected chi connectivity index (χ4v) is 5.01. The van der Waals surface area contributed by atoms with Crippen LogP contribution in [0.3, 0.4) is 0 Å². The number of nitrogens with one attached hydrogen (secondary N) is 2. The van der Waals surface area contributed by atoms with Crippen LogP contribution in [0.4, 0.5) is 0 Å². The van der Waals surface area contributed by atoms with Crippen molar-refractivity contribution in [1.29, 1.82) is 0 Å². The molecule has 2 N–H and O–H groups in total. The molecule has 1 unspecified atom stereocenters. The summed E-state index contributed by atoms with van der Waals surface area (Å²) in [5.41, 5.74) is 1.83. The van der Waals surface area contributed by atoms with Gasteiger partial charge in [0.1, 0.15) is 5.84 Å². The van der Waals surface area contributed by atoms with E-state index >= 15 is 0 Å². The Balaban J connectivity index is 1.26. The maximum Gasteiger partial charge on any atom is 0.263 e. The first-order valence-corrected chi connectivity index (χ1v) is 11.2. The molecule has 0 radical (unpaired) electrons. The number of benzene rings is 2. The van der Waals surface area contributed by atoms with E-state index in [9.17, 15) is 13.2 Å². The number of hydrogen-bond donors (Lipinski definition) is 2. The van der Waals surface area contributed by atoms with Gasteiger partial charge in [0, 0.05) is 37.7 Å². The predicted molar refractivity (Wildman–Crippen MR) is 111 cm³/mol. The average Bonchev–Trinajstić information content (AvgIpc) is 3.24. The average molecular weight is 413 g/mol. The van der Waals surface area contributed by atoms with Gasteiger partial charge in [-0.1, -0.05) is 42.5 Å². The Kier molecular flexibility index (Phi) is 5.64. The van der Waals surface area contributed by atoms with Crippen molar-refractivity contribution in [3.8, 4) is 0 Å². The zero-order valence-corrected chi connectivity index (χ0v) is 16.9. The number of carbonyl (C=O) groups excluding carboxylic acids is 1. The number of fused-ring (bicyclic) bond motifs is 1. The number of carbonyl (C=O) groups is 1. The molecule has 0 aromatic heterocycles. The predicted octanol–water partition coefficient (Wildman–Crippen LogP) is 1.51. The van der Waals surface area contributed by atoms with Gasteiger partial charge in [-0.05, 0) is 24.1 Å². The topological polar surface area (TPSA) is 90.9 Å². The Morgan fingerprint density at radius 1 is 1.14 bits per heavy atom. The minimum atomic E-state index is -3.54. The molecular weight excluding hydrogens is 388 g/mol. The van der Waals surface area contributed by atoms with E-state index in [1.807, 2.05) is 18.2 Å². The molecule has 152 valence electrons. The summed E-state index contributed by atoms with van der Waals surface area (Å²) in [6.45, 7) is 2.92. The van der Waals surface area contributed by atoms with Crippen LogP contribution in [-0.4, -0.2) is 50.7 Å². The molecule has 2 aliphatic rings. The van der Waals surface area contributed by atoms with Crippen LogP contribution in [0.15, 0.2) is 64.5 Å². The van der Waals surface area contributed by atoms with E-state index in [-0.39, 0.29) is 29.8 Å². The van der Waals surface area contributed by atoms with Crippen LogP contribution < -0.4 is 10.0 Å². The normalized spacial score (nSPS) is 21.7. The van der Waals surface area contributed by atoms with Crippen LogP contribution >= 0.6 is 0 Å². The second-order valence-corrected chi connectivity index (χ2v) is 9.01. The van der Waals surface area contributed by atoms with E-state index in [4.69, 9.17) is 0 Å². The number of rotatable bonds is 6. The summed E-state index contributed by atoms with van der Waals surface area (Å²) < 4.78 is 26.6. The molecule has 1 fully saturated rings. The minimum absolute atomic E-state index is 0.0601. The largest absolute Gasteiger partial charge is 0.352 e. The Morgan fingerprint density at radius 3 is 2.72 bits per heavy atom. The van der Waals surface area contributed by atoms with Gasteiger partial charge in [-0.25, -0.2) is 8.42 Å². The molecule has 2 heterocycles. The highest BCUT2D eigenvalue weighted by molar-refractivity contribution is 7.90. The number of aliphatic imine (C=N–C) groups is 1. The van der Waals surface area contributed by atoms with E-state index in [0.29, 0.717) is 11.4 Å². The van der Waals surface area contributed by atoms with Gasteiger partial charge in [0.2, 0.25) is 5.91 Å². The van der Waals surface area contributed by atoms with Crippen molar-refractivity contribution >= 4 is 21.8 Å². The van der Waals surface area contributed by atoms with Gasteiger partial charge in [0.25, 0.3) is 10.0 Å². The molecule has 2 aromatic rings. The van der Waals surface area contributed by atoms with E-state index in [0.717, 1.165) is 26.1 Å². The van der Waals surface area contributed by atoms with Crippen LogP contribution in [0, 0.1) is 0 Å². The standard InChI is InChI=1S/C21H24N4O3S/c26-20(23-17-11-13-25(15-17)14-16-6-2-1-3-7-16)10-12-22-21-18-8-4-5-9-19(18)29(27,28)24-21/h1-9,17H,10-15H2,(H,22,24)(H,23,26). The number of nitrogens with zero attached hydrogens (tertiary/aromatic N) is 2. The van der Waals surface area contributed by atoms with Crippen molar-refractivity contribution in [3.05, 3.63) is 65.7 Å². The van der Waals surface area contributed by atoms with Gasteiger partial charge in [-0.15, -0.1) is 0 Å². The molecule has 1 amide bonds. The highest BCUT2D eigenvalue weighted by atomic mass is 32.2. The van der Waals surface area contributed by atoms with Crippen LogP contribution in [-0.2, 0) is 21.4 Å². The molecule has 1 atom stereocenters. The lowest BCUT2D eigenvalue weighted by atomic mass is 10.2. The fraction of sp³-hybridized carbons (Fsp3) is 0.333. The number of amidine groups is 1. The van der Waals surface area contributed by atoms with E-state index < -0.39 is 10.0 Å². The monoisotopic (exact) mass is 412 g/mol. The molecule has 2 aliphatic heterocycles. The summed E-state index contributed by atoms with van der Waals surface area (Å²) in [5.74, 6) is 0.248. The molecule has 0 bridgehead atoms. The van der Waals surface area contributed by atoms with Gasteiger partial charge in [0.15, 0.2) is 0 Å². The highest BCUT2D eigenvalue weighted by Crippen LogP contribution is 2.22. The first kappa shape index (κ1) is 19.6. The Morgan fingerprint density at radius 2 is 1.90 bits per heavy atom. The quantitative estimate of drug-likeness (QED) is 0.752. The van der Waals surface area contributed by atoms with Gasteiger partial charge in [-0.2, -0.15) is 0 Å². The van der Waals surface area contributed by atoms with Crippen molar-refractivity contribution in [2.45, 2.75) is 30.3 Å². The lowest BCUT2D eigenvalue weighted by Crippen LogP contribution is -2.37. The van der Waals surface area contributed by atoms with Crippen molar-refractivity contribution in [2.75, 3.05) is 19.6 Å². The van der Waals surface area contributed by atoms with Gasteiger partial charge >= 0.3 is 0 Å². The van der Waals surface area contributed by atoms with Crippen LogP contribution in [0.5, 0.6) is 0 Å². The summed E-state index contributed by atoms with van der Waals surface area (Å²) in [5, 5.41) is 3.07. The minimum Gasteiger partial charge on any atom is -0.352 e. The second kappa shape index (κ2) is 8.34. The molecular formula is C21H24N4O3S. The molecule has 0 saturated carbocycles. The zero-order chi connectivity index (χ0) is 20.3. The van der Waals surface area contributed by atoms with Crippen molar-refractivity contribution < 1.29 is 13.2 Å². The molecule has 1 saturated heterocycles. The van der Waals surface area contributed by atoms with Gasteiger partial charge in [0.05, 0.1) is 11.4 Å². The summed E-state index contributed by atoms with van der Waals surface area (Å²) in [4.78, 5) is 19.1. The zero-order valence-electron chi connectivity index (χ0n) is 16.0. The fourth-order valence-electron chi connectivity index (χ4n) is 3.76. The SMILES string of the molecule is O=C(CCN=C1NS(=O)(=O)c2ccccc21)NC1CCN(Cc2ccccc2)C1. The molecule has 29 heavy (non-hydrogen) atoms. The smallest absolute Gasteiger partial charge is 0.263 e. The Labute approximate surface area is 170 Å². The molecule has 8 heteroatoms. The third-order valence-corrected chi connectivity index (χ3v) is 6.56. The van der Waals surface area contributed by atoms with Crippen LogP contribution in [0.1, 0.15) is 24.0 Å². The van der Waals surface area contributed by atoms with Crippen molar-refractivity contribution in [2.24, 2.45) is 4.99 Å². The van der Waals surface area contributed by atoms with E-state index in [1.54, 1.807) is 24.3 Å². The summed E-state index contributed by atoms with van der Waals surface area (Å²) in [6.07, 6.45) is 1.16. The summed E-state index contributed by atoms with van der Waals surface area (Å²) >= 11 is 0. The van der Waals surface area contributed by atoms with E-state index in [1.165, 1.54) is 5.56 Å². The molecule has 0 aliphatic carbocycles. The molecule has 2 aromatic carbocycles. The summed E-state index contributed by atoms with van der Waals surface area (Å²) in [7, 11) is -3.54. The third kappa shape index (κ3) is 4.65. The highest BCUT2D eigenvalue weighted by Gasteiger charge is 2.30.